The molecule has 1 aliphatic heterocycles. The molecule has 0 atom stereocenters. The number of benzene rings is 1. The van der Waals surface area contributed by atoms with Gasteiger partial charge in [0.05, 0.1) is 15.5 Å². The van der Waals surface area contributed by atoms with Crippen molar-refractivity contribution in [1.82, 2.24) is 14.5 Å². The molecule has 0 aliphatic carbocycles. The number of halogens is 1. The summed E-state index contributed by atoms with van der Waals surface area (Å²) in [4.78, 5) is 13.2. The molecule has 4 rings (SSSR count). The summed E-state index contributed by atoms with van der Waals surface area (Å²) in [5.74, 6) is -0.221. The Balaban J connectivity index is 1.48. The zero-order valence-electron chi connectivity index (χ0n) is 16.5. The van der Waals surface area contributed by atoms with Crippen LogP contribution in [0.1, 0.15) is 41.9 Å². The molecule has 1 saturated heterocycles. The normalized spacial score (nSPS) is 15.5. The molecule has 2 aromatic heterocycles. The minimum absolute atomic E-state index is 0.0679. The van der Waals surface area contributed by atoms with Crippen LogP contribution in [0.5, 0.6) is 0 Å². The number of esters is 1. The third-order valence-electron chi connectivity index (χ3n) is 4.88. The number of nitrogens with zero attached hydrogens (tertiary/aromatic N) is 3. The Hall–Kier alpha value is -2.27. The van der Waals surface area contributed by atoms with Gasteiger partial charge < -0.3 is 9.15 Å². The summed E-state index contributed by atoms with van der Waals surface area (Å²) >= 11 is 7.63. The fourth-order valence-electron chi connectivity index (χ4n) is 3.27. The number of hydrogen-bond acceptors (Lipinski definition) is 8. The maximum absolute atomic E-state index is 13.1. The second kappa shape index (κ2) is 9.47. The Morgan fingerprint density at radius 1 is 1.16 bits per heavy atom. The molecule has 0 N–H and O–H groups in total. The number of aromatic nitrogens is 2. The lowest BCUT2D eigenvalue weighted by molar-refractivity contribution is 0.0438. The van der Waals surface area contributed by atoms with Crippen LogP contribution in [0.25, 0.3) is 10.8 Å². The molecule has 0 radical (unpaired) electrons. The van der Waals surface area contributed by atoms with Crippen molar-refractivity contribution in [1.29, 1.82) is 0 Å². The lowest BCUT2D eigenvalue weighted by Gasteiger charge is -2.20. The summed E-state index contributed by atoms with van der Waals surface area (Å²) < 4.78 is 38.3. The Morgan fingerprint density at radius 3 is 2.65 bits per heavy atom. The number of thiophene rings is 1. The number of rotatable bonds is 6. The summed E-state index contributed by atoms with van der Waals surface area (Å²) in [5, 5.41) is 9.75. The summed E-state index contributed by atoms with van der Waals surface area (Å²) in [6.07, 6.45) is 3.60. The molecule has 1 aromatic carbocycles. The van der Waals surface area contributed by atoms with Crippen LogP contribution in [0, 0.1) is 0 Å². The smallest absolute Gasteiger partial charge is 0.338 e. The molecule has 1 fully saturated rings. The fraction of sp³-hybridized carbons (Fsp3) is 0.350. The zero-order chi connectivity index (χ0) is 21.8. The maximum Gasteiger partial charge on any atom is 0.338 e. The molecule has 3 aromatic rings. The van der Waals surface area contributed by atoms with Gasteiger partial charge >= 0.3 is 5.97 Å². The van der Waals surface area contributed by atoms with Gasteiger partial charge in [0.1, 0.15) is 4.90 Å². The van der Waals surface area contributed by atoms with Gasteiger partial charge in [-0.05, 0) is 42.5 Å². The van der Waals surface area contributed by atoms with Crippen LogP contribution in [0.2, 0.25) is 5.02 Å². The van der Waals surface area contributed by atoms with Crippen LogP contribution >= 0.6 is 22.9 Å². The van der Waals surface area contributed by atoms with Gasteiger partial charge in [0.25, 0.3) is 11.8 Å². The Kier molecular flexibility index (Phi) is 6.71. The Labute approximate surface area is 188 Å². The predicted octanol–water partition coefficient (Wildman–Crippen LogP) is 4.37. The highest BCUT2D eigenvalue weighted by Gasteiger charge is 2.28. The van der Waals surface area contributed by atoms with E-state index in [0.29, 0.717) is 19.0 Å². The van der Waals surface area contributed by atoms with Gasteiger partial charge in [-0.1, -0.05) is 30.5 Å². The van der Waals surface area contributed by atoms with Crippen LogP contribution in [0.4, 0.5) is 0 Å². The van der Waals surface area contributed by atoms with E-state index in [2.05, 4.69) is 10.2 Å². The molecule has 0 bridgehead atoms. The standard InChI is InChI=1S/C20H20ClN3O5S2/c21-15-8-7-14(12-17(15)31(26,27)24-9-3-1-2-4-10-24)20(25)28-13-18-22-23-19(29-18)16-6-5-11-30-16/h5-8,11-12H,1-4,9-10,13H2. The van der Waals surface area contributed by atoms with E-state index < -0.39 is 16.0 Å². The van der Waals surface area contributed by atoms with Gasteiger partial charge in [0.15, 0.2) is 6.61 Å². The van der Waals surface area contributed by atoms with E-state index in [9.17, 15) is 13.2 Å². The van der Waals surface area contributed by atoms with Gasteiger partial charge in [-0.2, -0.15) is 4.31 Å². The van der Waals surface area contributed by atoms with E-state index in [1.165, 1.54) is 33.8 Å². The molecule has 0 amide bonds. The van der Waals surface area contributed by atoms with Gasteiger partial charge in [-0.3, -0.25) is 0 Å². The predicted molar refractivity (Wildman–Crippen MR) is 115 cm³/mol. The second-order valence-corrected chi connectivity index (χ2v) is 10.3. The van der Waals surface area contributed by atoms with E-state index in [1.807, 2.05) is 17.5 Å². The van der Waals surface area contributed by atoms with Crippen LogP contribution < -0.4 is 0 Å². The molecule has 0 spiro atoms. The minimum atomic E-state index is -3.81. The van der Waals surface area contributed by atoms with E-state index in [0.717, 1.165) is 30.6 Å². The first kappa shape index (κ1) is 21.9. The van der Waals surface area contributed by atoms with Gasteiger partial charge in [-0.25, -0.2) is 13.2 Å². The van der Waals surface area contributed by atoms with Crippen molar-refractivity contribution in [3.63, 3.8) is 0 Å². The van der Waals surface area contributed by atoms with E-state index in [1.54, 1.807) is 0 Å². The molecule has 11 heteroatoms. The first-order valence-corrected chi connectivity index (χ1v) is 12.5. The van der Waals surface area contributed by atoms with Gasteiger partial charge in [-0.15, -0.1) is 21.5 Å². The lowest BCUT2D eigenvalue weighted by Crippen LogP contribution is -2.32. The Morgan fingerprint density at radius 2 is 1.94 bits per heavy atom. The number of carbonyl (C=O) groups excluding carboxylic acids is 1. The summed E-state index contributed by atoms with van der Waals surface area (Å²) in [5.41, 5.74) is 0.0794. The van der Waals surface area contributed by atoms with Gasteiger partial charge in [0, 0.05) is 13.1 Å². The van der Waals surface area contributed by atoms with E-state index in [4.69, 9.17) is 20.8 Å². The molecule has 1 aliphatic rings. The third-order valence-corrected chi connectivity index (χ3v) is 8.11. The molecule has 164 valence electrons. The van der Waals surface area contributed by atoms with Crippen molar-refractivity contribution in [2.24, 2.45) is 0 Å². The van der Waals surface area contributed by atoms with Gasteiger partial charge in [0.2, 0.25) is 10.0 Å². The third kappa shape index (κ3) is 4.98. The molecule has 0 saturated carbocycles. The van der Waals surface area contributed by atoms with Crippen LogP contribution in [-0.2, 0) is 21.4 Å². The van der Waals surface area contributed by atoms with Crippen molar-refractivity contribution in [3.05, 3.63) is 52.2 Å². The van der Waals surface area contributed by atoms with Crippen molar-refractivity contribution in [2.45, 2.75) is 37.2 Å². The number of hydrogen-bond donors (Lipinski definition) is 0. The van der Waals surface area contributed by atoms with Crippen LogP contribution in [0.15, 0.2) is 45.0 Å². The van der Waals surface area contributed by atoms with E-state index in [-0.39, 0.29) is 28.0 Å². The van der Waals surface area contributed by atoms with Crippen LogP contribution in [0.3, 0.4) is 0 Å². The van der Waals surface area contributed by atoms with Crippen molar-refractivity contribution < 1.29 is 22.4 Å². The van der Waals surface area contributed by atoms with Crippen molar-refractivity contribution in [2.75, 3.05) is 13.1 Å². The van der Waals surface area contributed by atoms with Crippen molar-refractivity contribution in [3.8, 4) is 10.8 Å². The maximum atomic E-state index is 13.1. The first-order chi connectivity index (χ1) is 14.9. The molecule has 3 heterocycles. The molecule has 0 unspecified atom stereocenters. The molecular weight excluding hydrogens is 462 g/mol. The fourth-order valence-corrected chi connectivity index (χ4v) is 5.93. The average molecular weight is 482 g/mol. The summed E-state index contributed by atoms with van der Waals surface area (Å²) in [6, 6.07) is 7.78. The number of ether oxygens (including phenoxy) is 1. The monoisotopic (exact) mass is 481 g/mol. The highest BCUT2D eigenvalue weighted by Crippen LogP contribution is 2.28. The molecular formula is C20H20ClN3O5S2. The van der Waals surface area contributed by atoms with Crippen molar-refractivity contribution >= 4 is 38.9 Å². The second-order valence-electron chi connectivity index (χ2n) is 7.02. The van der Waals surface area contributed by atoms with Crippen LogP contribution in [-0.4, -0.2) is 42.0 Å². The number of sulfonamides is 1. The summed E-state index contributed by atoms with van der Waals surface area (Å²) in [6.45, 7) is 0.655. The first-order valence-electron chi connectivity index (χ1n) is 9.78. The highest BCUT2D eigenvalue weighted by atomic mass is 35.5. The SMILES string of the molecule is O=C(OCc1nnc(-c2cccs2)o1)c1ccc(Cl)c(S(=O)(=O)N2CCCCCC2)c1. The lowest BCUT2D eigenvalue weighted by atomic mass is 10.2. The molecule has 31 heavy (non-hydrogen) atoms. The minimum Gasteiger partial charge on any atom is -0.452 e. The summed E-state index contributed by atoms with van der Waals surface area (Å²) in [7, 11) is -3.81. The average Bonchev–Trinajstić information content (AvgIpc) is 3.38. The largest absolute Gasteiger partial charge is 0.452 e. The van der Waals surface area contributed by atoms with E-state index >= 15 is 0 Å². The zero-order valence-corrected chi connectivity index (χ0v) is 18.9. The number of carbonyl (C=O) groups is 1. The quantitative estimate of drug-likeness (QED) is 0.481. The molecule has 8 nitrogen and oxygen atoms in total. The topological polar surface area (TPSA) is 103 Å². The Bertz CT molecular complexity index is 1150. The highest BCUT2D eigenvalue weighted by molar-refractivity contribution is 7.89.